The summed E-state index contributed by atoms with van der Waals surface area (Å²) in [5.41, 5.74) is 0. The van der Waals surface area contributed by atoms with Crippen molar-refractivity contribution in [3.63, 3.8) is 0 Å². The number of alkyl halides is 3. The first-order valence-electron chi connectivity index (χ1n) is 5.22. The summed E-state index contributed by atoms with van der Waals surface area (Å²) in [6, 6.07) is 3.43. The summed E-state index contributed by atoms with van der Waals surface area (Å²) < 4.78 is 36.2. The molecule has 0 amide bonds. The van der Waals surface area contributed by atoms with Crippen molar-refractivity contribution >= 4 is 11.3 Å². The van der Waals surface area contributed by atoms with E-state index >= 15 is 0 Å². The molecule has 1 aromatic heterocycles. The first kappa shape index (κ1) is 13.5. The number of hydrogen-bond donors (Lipinski definition) is 1. The first-order chi connectivity index (χ1) is 7.38. The second-order valence-corrected chi connectivity index (χ2v) is 5.02. The molecule has 0 radical (unpaired) electrons. The molecule has 1 rings (SSSR count). The topological polar surface area (TPSA) is 12.0 Å². The van der Waals surface area contributed by atoms with Gasteiger partial charge in [-0.1, -0.05) is 13.0 Å². The molecule has 0 fully saturated rings. The lowest BCUT2D eigenvalue weighted by molar-refractivity contribution is -0.139. The van der Waals surface area contributed by atoms with Gasteiger partial charge in [-0.2, -0.15) is 13.2 Å². The molecule has 2 atom stereocenters. The third-order valence-electron chi connectivity index (χ3n) is 2.34. The normalized spacial score (nSPS) is 16.1. The van der Waals surface area contributed by atoms with Crippen LogP contribution in [0.1, 0.15) is 31.1 Å². The van der Waals surface area contributed by atoms with Crippen LogP contribution >= 0.6 is 11.3 Å². The molecule has 0 bridgehead atoms. The van der Waals surface area contributed by atoms with E-state index < -0.39 is 18.6 Å². The fraction of sp³-hybridized carbons (Fsp3) is 0.636. The molecule has 1 aromatic rings. The highest BCUT2D eigenvalue weighted by atomic mass is 32.1. The van der Waals surface area contributed by atoms with Gasteiger partial charge in [0.15, 0.2) is 0 Å². The maximum absolute atomic E-state index is 12.1. The molecule has 0 saturated heterocycles. The smallest absolute Gasteiger partial charge is 0.313 e. The standard InChI is InChI=1S/C11H16F3NS/c1-8(10-4-3-5-16-10)7-15-9(2)6-11(12,13)14/h3-5,8-9,15H,6-7H2,1-2H3. The van der Waals surface area contributed by atoms with E-state index in [0.717, 1.165) is 0 Å². The zero-order valence-corrected chi connectivity index (χ0v) is 10.2. The van der Waals surface area contributed by atoms with Gasteiger partial charge >= 0.3 is 6.18 Å². The third-order valence-corrected chi connectivity index (χ3v) is 3.44. The van der Waals surface area contributed by atoms with Crippen molar-refractivity contribution in [1.29, 1.82) is 0 Å². The lowest BCUT2D eigenvalue weighted by atomic mass is 10.1. The van der Waals surface area contributed by atoms with E-state index in [4.69, 9.17) is 0 Å². The Kier molecular flexibility index (Phi) is 4.80. The number of nitrogens with one attached hydrogen (secondary N) is 1. The van der Waals surface area contributed by atoms with Crippen LogP contribution in [-0.4, -0.2) is 18.8 Å². The molecule has 2 unspecified atom stereocenters. The van der Waals surface area contributed by atoms with Crippen LogP contribution in [-0.2, 0) is 0 Å². The van der Waals surface area contributed by atoms with Gasteiger partial charge in [-0.25, -0.2) is 0 Å². The summed E-state index contributed by atoms with van der Waals surface area (Å²) in [4.78, 5) is 1.20. The minimum Gasteiger partial charge on any atom is -0.313 e. The fourth-order valence-corrected chi connectivity index (χ4v) is 2.26. The van der Waals surface area contributed by atoms with Crippen molar-refractivity contribution in [3.8, 4) is 0 Å². The second kappa shape index (κ2) is 5.68. The van der Waals surface area contributed by atoms with Crippen LogP contribution in [0.25, 0.3) is 0 Å². The molecule has 1 nitrogen and oxygen atoms in total. The van der Waals surface area contributed by atoms with E-state index in [-0.39, 0.29) is 5.92 Å². The van der Waals surface area contributed by atoms with E-state index in [1.54, 1.807) is 18.3 Å². The number of rotatable bonds is 5. The van der Waals surface area contributed by atoms with Crippen LogP contribution in [0.3, 0.4) is 0 Å². The van der Waals surface area contributed by atoms with Crippen molar-refractivity contribution in [1.82, 2.24) is 5.32 Å². The Morgan fingerprint density at radius 3 is 2.56 bits per heavy atom. The van der Waals surface area contributed by atoms with Gasteiger partial charge in [-0.3, -0.25) is 0 Å². The van der Waals surface area contributed by atoms with Gasteiger partial charge in [-0.15, -0.1) is 11.3 Å². The summed E-state index contributed by atoms with van der Waals surface area (Å²) in [6.45, 7) is 4.16. The van der Waals surface area contributed by atoms with Crippen molar-refractivity contribution in [2.75, 3.05) is 6.54 Å². The highest BCUT2D eigenvalue weighted by Gasteiger charge is 2.29. The number of halogens is 3. The summed E-state index contributed by atoms with van der Waals surface area (Å²) in [6.07, 6.45) is -4.86. The Morgan fingerprint density at radius 1 is 1.38 bits per heavy atom. The Balaban J connectivity index is 2.29. The zero-order valence-electron chi connectivity index (χ0n) is 9.34. The molecule has 0 spiro atoms. The van der Waals surface area contributed by atoms with Gasteiger partial charge in [0, 0.05) is 23.4 Å². The summed E-state index contributed by atoms with van der Waals surface area (Å²) in [7, 11) is 0. The van der Waals surface area contributed by atoms with Crippen molar-refractivity contribution in [2.24, 2.45) is 0 Å². The predicted octanol–water partition coefficient (Wildman–Crippen LogP) is 3.78. The van der Waals surface area contributed by atoms with E-state index in [2.05, 4.69) is 5.32 Å². The maximum atomic E-state index is 12.1. The van der Waals surface area contributed by atoms with Crippen LogP contribution < -0.4 is 5.32 Å². The van der Waals surface area contributed by atoms with Crippen LogP contribution in [0.4, 0.5) is 13.2 Å². The van der Waals surface area contributed by atoms with Crippen LogP contribution in [0.15, 0.2) is 17.5 Å². The van der Waals surface area contributed by atoms with Crippen LogP contribution in [0.2, 0.25) is 0 Å². The third kappa shape index (κ3) is 4.99. The highest BCUT2D eigenvalue weighted by Crippen LogP contribution is 2.23. The molecule has 1 N–H and O–H groups in total. The quantitative estimate of drug-likeness (QED) is 0.839. The van der Waals surface area contributed by atoms with Crippen molar-refractivity contribution < 1.29 is 13.2 Å². The van der Waals surface area contributed by atoms with E-state index in [9.17, 15) is 13.2 Å². The largest absolute Gasteiger partial charge is 0.390 e. The second-order valence-electron chi connectivity index (χ2n) is 4.05. The predicted molar refractivity (Wildman–Crippen MR) is 60.9 cm³/mol. The van der Waals surface area contributed by atoms with Crippen LogP contribution in [0, 0.1) is 0 Å². The maximum Gasteiger partial charge on any atom is 0.390 e. The SMILES string of the molecule is CC(CC(F)(F)F)NCC(C)c1cccs1. The number of thiophene rings is 1. The lowest BCUT2D eigenvalue weighted by Crippen LogP contribution is -2.33. The van der Waals surface area contributed by atoms with Gasteiger partial charge < -0.3 is 5.32 Å². The monoisotopic (exact) mass is 251 g/mol. The van der Waals surface area contributed by atoms with Crippen molar-refractivity contribution in [2.45, 2.75) is 38.4 Å². The van der Waals surface area contributed by atoms with E-state index in [1.807, 2.05) is 24.4 Å². The summed E-state index contributed by atoms with van der Waals surface area (Å²) in [5, 5.41) is 4.89. The first-order valence-corrected chi connectivity index (χ1v) is 6.10. The average molecular weight is 251 g/mol. The van der Waals surface area contributed by atoms with Gasteiger partial charge in [0.25, 0.3) is 0 Å². The minimum absolute atomic E-state index is 0.260. The Morgan fingerprint density at radius 2 is 2.06 bits per heavy atom. The summed E-state index contributed by atoms with van der Waals surface area (Å²) in [5.74, 6) is 0.260. The van der Waals surface area contributed by atoms with Gasteiger partial charge in [0.1, 0.15) is 0 Å². The molecular weight excluding hydrogens is 235 g/mol. The number of hydrogen-bond acceptors (Lipinski definition) is 2. The minimum atomic E-state index is -4.08. The molecule has 92 valence electrons. The molecule has 0 aromatic carbocycles. The molecule has 5 heteroatoms. The summed E-state index contributed by atoms with van der Waals surface area (Å²) >= 11 is 1.63. The molecule has 16 heavy (non-hydrogen) atoms. The van der Waals surface area contributed by atoms with E-state index in [0.29, 0.717) is 6.54 Å². The van der Waals surface area contributed by atoms with Gasteiger partial charge in [-0.05, 0) is 18.4 Å². The molecule has 1 heterocycles. The average Bonchev–Trinajstić information content (AvgIpc) is 2.64. The molecule has 0 aliphatic heterocycles. The zero-order chi connectivity index (χ0) is 12.2. The Labute approximate surface area is 97.7 Å². The van der Waals surface area contributed by atoms with Crippen molar-refractivity contribution in [3.05, 3.63) is 22.4 Å². The molecule has 0 aliphatic rings. The van der Waals surface area contributed by atoms with Gasteiger partial charge in [0.05, 0.1) is 6.42 Å². The molecule has 0 saturated carbocycles. The van der Waals surface area contributed by atoms with Crippen LogP contribution in [0.5, 0.6) is 0 Å². The molecule has 0 aliphatic carbocycles. The molecular formula is C11H16F3NS. The fourth-order valence-electron chi connectivity index (χ4n) is 1.47. The lowest BCUT2D eigenvalue weighted by Gasteiger charge is -2.18. The Bertz CT molecular complexity index is 295. The van der Waals surface area contributed by atoms with Gasteiger partial charge in [0.2, 0.25) is 0 Å². The Hall–Kier alpha value is -0.550. The van der Waals surface area contributed by atoms with E-state index in [1.165, 1.54) is 4.88 Å². The highest BCUT2D eigenvalue weighted by molar-refractivity contribution is 7.10.